The molecule has 1 saturated heterocycles. The summed E-state index contributed by atoms with van der Waals surface area (Å²) in [6, 6.07) is 9.50. The number of nitrogens with zero attached hydrogens (tertiary/aromatic N) is 1. The van der Waals surface area contributed by atoms with Crippen molar-refractivity contribution in [1.82, 2.24) is 4.90 Å². The molecule has 0 bridgehead atoms. The summed E-state index contributed by atoms with van der Waals surface area (Å²) < 4.78 is 5.28. The molecular formula is C15H21NO4. The SMILES string of the molecule is O=C(OCc1ccccc1)N1C[C@H](CO)C[C@H](CO)C1. The molecule has 0 unspecified atom stereocenters. The highest BCUT2D eigenvalue weighted by molar-refractivity contribution is 5.67. The van der Waals surface area contributed by atoms with Gasteiger partial charge in [0.1, 0.15) is 6.61 Å². The Morgan fingerprint density at radius 1 is 1.15 bits per heavy atom. The minimum atomic E-state index is -0.384. The Kier molecular flexibility index (Phi) is 5.38. The molecule has 1 amide bonds. The van der Waals surface area contributed by atoms with Crippen LogP contribution >= 0.6 is 0 Å². The quantitative estimate of drug-likeness (QED) is 0.870. The van der Waals surface area contributed by atoms with Crippen LogP contribution in [0.25, 0.3) is 0 Å². The predicted molar refractivity (Wildman–Crippen MR) is 74.0 cm³/mol. The number of benzene rings is 1. The number of aliphatic hydroxyl groups excluding tert-OH is 2. The van der Waals surface area contributed by atoms with Crippen LogP contribution in [-0.2, 0) is 11.3 Å². The van der Waals surface area contributed by atoms with Crippen LogP contribution in [0, 0.1) is 11.8 Å². The van der Waals surface area contributed by atoms with E-state index >= 15 is 0 Å². The second-order valence-corrected chi connectivity index (χ2v) is 5.28. The molecule has 2 rings (SSSR count). The standard InChI is InChI=1S/C15H21NO4/c17-9-13-6-14(10-18)8-16(7-13)15(19)20-11-12-4-2-1-3-5-12/h1-5,13-14,17-18H,6-11H2/t13-,14+. The summed E-state index contributed by atoms with van der Waals surface area (Å²) in [7, 11) is 0. The Morgan fingerprint density at radius 3 is 2.30 bits per heavy atom. The van der Waals surface area contributed by atoms with Gasteiger partial charge in [-0.15, -0.1) is 0 Å². The van der Waals surface area contributed by atoms with E-state index in [-0.39, 0.29) is 37.7 Å². The Labute approximate surface area is 118 Å². The molecule has 1 aromatic carbocycles. The van der Waals surface area contributed by atoms with Crippen molar-refractivity contribution in [3.05, 3.63) is 35.9 Å². The normalized spacial score (nSPS) is 22.6. The first-order valence-electron chi connectivity index (χ1n) is 6.90. The first-order chi connectivity index (χ1) is 9.72. The third kappa shape index (κ3) is 3.95. The van der Waals surface area contributed by atoms with Gasteiger partial charge in [0.2, 0.25) is 0 Å². The average Bonchev–Trinajstić information content (AvgIpc) is 2.52. The number of amides is 1. The van der Waals surface area contributed by atoms with E-state index in [1.54, 1.807) is 4.90 Å². The minimum Gasteiger partial charge on any atom is -0.445 e. The van der Waals surface area contributed by atoms with Crippen molar-refractivity contribution in [2.24, 2.45) is 11.8 Å². The second kappa shape index (κ2) is 7.26. The number of carbonyl (C=O) groups excluding carboxylic acids is 1. The summed E-state index contributed by atoms with van der Waals surface area (Å²) in [6.45, 7) is 1.27. The van der Waals surface area contributed by atoms with Crippen LogP contribution in [0.15, 0.2) is 30.3 Å². The van der Waals surface area contributed by atoms with Crippen molar-refractivity contribution in [2.75, 3.05) is 26.3 Å². The lowest BCUT2D eigenvalue weighted by Gasteiger charge is -2.35. The van der Waals surface area contributed by atoms with Gasteiger partial charge in [-0.3, -0.25) is 0 Å². The largest absolute Gasteiger partial charge is 0.445 e. The number of rotatable bonds is 4. The van der Waals surface area contributed by atoms with Gasteiger partial charge in [0.05, 0.1) is 0 Å². The molecule has 1 aliphatic heterocycles. The summed E-state index contributed by atoms with van der Waals surface area (Å²) in [4.78, 5) is 13.6. The van der Waals surface area contributed by atoms with Crippen molar-refractivity contribution in [3.8, 4) is 0 Å². The van der Waals surface area contributed by atoms with Crippen molar-refractivity contribution >= 4 is 6.09 Å². The minimum absolute atomic E-state index is 0.0187. The van der Waals surface area contributed by atoms with Gasteiger partial charge in [0, 0.05) is 38.1 Å². The molecule has 0 aliphatic carbocycles. The zero-order valence-electron chi connectivity index (χ0n) is 11.4. The van der Waals surface area contributed by atoms with Gasteiger partial charge in [-0.25, -0.2) is 4.79 Å². The molecular weight excluding hydrogens is 258 g/mol. The van der Waals surface area contributed by atoms with Gasteiger partial charge in [0.15, 0.2) is 0 Å². The number of piperidine rings is 1. The fraction of sp³-hybridized carbons (Fsp3) is 0.533. The van der Waals surface area contributed by atoms with E-state index in [2.05, 4.69) is 0 Å². The molecule has 5 nitrogen and oxygen atoms in total. The van der Waals surface area contributed by atoms with E-state index < -0.39 is 0 Å². The second-order valence-electron chi connectivity index (χ2n) is 5.28. The zero-order valence-corrected chi connectivity index (χ0v) is 11.4. The smallest absolute Gasteiger partial charge is 0.410 e. The van der Waals surface area contributed by atoms with Crippen molar-refractivity contribution < 1.29 is 19.7 Å². The fourth-order valence-corrected chi connectivity index (χ4v) is 2.54. The molecule has 1 heterocycles. The number of hydrogen-bond donors (Lipinski definition) is 2. The van der Waals surface area contributed by atoms with Crippen LogP contribution < -0.4 is 0 Å². The van der Waals surface area contributed by atoms with Gasteiger partial charge in [-0.1, -0.05) is 30.3 Å². The Hall–Kier alpha value is -1.59. The number of likely N-dealkylation sites (tertiary alicyclic amines) is 1. The third-order valence-electron chi connectivity index (χ3n) is 3.60. The summed E-state index contributed by atoms with van der Waals surface area (Å²) in [6.07, 6.45) is 0.362. The third-order valence-corrected chi connectivity index (χ3v) is 3.60. The molecule has 0 saturated carbocycles. The molecule has 5 heteroatoms. The highest BCUT2D eigenvalue weighted by atomic mass is 16.6. The Morgan fingerprint density at radius 2 is 1.75 bits per heavy atom. The maximum absolute atomic E-state index is 12.0. The number of ether oxygens (including phenoxy) is 1. The van der Waals surface area contributed by atoms with Gasteiger partial charge >= 0.3 is 6.09 Å². The average molecular weight is 279 g/mol. The Balaban J connectivity index is 1.87. The van der Waals surface area contributed by atoms with E-state index in [9.17, 15) is 15.0 Å². The van der Waals surface area contributed by atoms with Gasteiger partial charge in [-0.2, -0.15) is 0 Å². The van der Waals surface area contributed by atoms with Crippen LogP contribution in [0.2, 0.25) is 0 Å². The van der Waals surface area contributed by atoms with Crippen LogP contribution in [0.1, 0.15) is 12.0 Å². The van der Waals surface area contributed by atoms with Gasteiger partial charge < -0.3 is 19.8 Å². The first-order valence-corrected chi connectivity index (χ1v) is 6.90. The zero-order chi connectivity index (χ0) is 14.4. The lowest BCUT2D eigenvalue weighted by Crippen LogP contribution is -2.46. The lowest BCUT2D eigenvalue weighted by atomic mass is 9.90. The lowest BCUT2D eigenvalue weighted by molar-refractivity contribution is 0.0381. The monoisotopic (exact) mass is 279 g/mol. The molecule has 110 valence electrons. The van der Waals surface area contributed by atoms with E-state index in [0.29, 0.717) is 13.1 Å². The highest BCUT2D eigenvalue weighted by Gasteiger charge is 2.30. The fourth-order valence-electron chi connectivity index (χ4n) is 2.54. The molecule has 1 aromatic rings. The molecule has 0 radical (unpaired) electrons. The first kappa shape index (κ1) is 14.8. The maximum Gasteiger partial charge on any atom is 0.410 e. The van der Waals surface area contributed by atoms with E-state index in [0.717, 1.165) is 12.0 Å². The van der Waals surface area contributed by atoms with Crippen molar-refractivity contribution in [2.45, 2.75) is 13.0 Å². The molecule has 1 fully saturated rings. The Bertz CT molecular complexity index is 411. The predicted octanol–water partition coefficient (Wildman–Crippen LogP) is 1.25. The summed E-state index contributed by atoms with van der Waals surface area (Å²) in [5, 5.41) is 18.5. The highest BCUT2D eigenvalue weighted by Crippen LogP contribution is 2.22. The molecule has 1 aliphatic rings. The van der Waals surface area contributed by atoms with Crippen LogP contribution in [0.3, 0.4) is 0 Å². The molecule has 20 heavy (non-hydrogen) atoms. The number of aliphatic hydroxyl groups is 2. The van der Waals surface area contributed by atoms with Gasteiger partial charge in [-0.05, 0) is 12.0 Å². The van der Waals surface area contributed by atoms with Gasteiger partial charge in [0.25, 0.3) is 0 Å². The number of hydrogen-bond acceptors (Lipinski definition) is 4. The molecule has 2 atom stereocenters. The van der Waals surface area contributed by atoms with Crippen LogP contribution in [0.5, 0.6) is 0 Å². The molecule has 2 N–H and O–H groups in total. The van der Waals surface area contributed by atoms with Crippen LogP contribution in [-0.4, -0.2) is 47.5 Å². The number of carbonyl (C=O) groups is 1. The molecule has 0 aromatic heterocycles. The summed E-state index contributed by atoms with van der Waals surface area (Å²) in [5.41, 5.74) is 0.940. The topological polar surface area (TPSA) is 70.0 Å². The maximum atomic E-state index is 12.0. The van der Waals surface area contributed by atoms with E-state index in [1.807, 2.05) is 30.3 Å². The summed E-state index contributed by atoms with van der Waals surface area (Å²) in [5.74, 6) is 0.0374. The van der Waals surface area contributed by atoms with Crippen LogP contribution in [0.4, 0.5) is 4.79 Å². The van der Waals surface area contributed by atoms with Crippen molar-refractivity contribution in [3.63, 3.8) is 0 Å². The van der Waals surface area contributed by atoms with Crippen molar-refractivity contribution in [1.29, 1.82) is 0 Å². The summed E-state index contributed by atoms with van der Waals surface area (Å²) >= 11 is 0. The van der Waals surface area contributed by atoms with E-state index in [1.165, 1.54) is 0 Å². The van der Waals surface area contributed by atoms with E-state index in [4.69, 9.17) is 4.74 Å². The molecule has 0 spiro atoms.